The molecule has 0 N–H and O–H groups in total. The van der Waals surface area contributed by atoms with Crippen molar-refractivity contribution >= 4 is 27.3 Å². The van der Waals surface area contributed by atoms with Gasteiger partial charge in [0.25, 0.3) is 0 Å². The van der Waals surface area contributed by atoms with Crippen molar-refractivity contribution in [3.63, 3.8) is 0 Å². The highest BCUT2D eigenvalue weighted by Crippen LogP contribution is 2.29. The second-order valence-electron chi connectivity index (χ2n) is 4.01. The van der Waals surface area contributed by atoms with Gasteiger partial charge in [-0.25, -0.2) is 18.4 Å². The number of sulfone groups is 1. The monoisotopic (exact) mass is 315 g/mol. The topological polar surface area (TPSA) is 63.2 Å². The van der Waals surface area contributed by atoms with Crippen molar-refractivity contribution < 1.29 is 21.6 Å². The first kappa shape index (κ1) is 14.3. The van der Waals surface area contributed by atoms with E-state index in [0.717, 1.165) is 0 Å². The number of hydrogen-bond acceptors (Lipinski definition) is 5. The normalized spacial score (nSPS) is 19.5. The van der Waals surface area contributed by atoms with Gasteiger partial charge in [-0.15, -0.1) is 0 Å². The summed E-state index contributed by atoms with van der Waals surface area (Å²) in [5, 5.41) is -0.328. The largest absolute Gasteiger partial charge is 0.451 e. The number of aromatic nitrogens is 2. The lowest BCUT2D eigenvalue weighted by Crippen LogP contribution is -2.41. The summed E-state index contributed by atoms with van der Waals surface area (Å²) in [6.45, 7) is 0.181. The molecule has 10 heteroatoms. The fraction of sp³-hybridized carbons (Fsp3) is 0.556. The van der Waals surface area contributed by atoms with Crippen LogP contribution in [0.4, 0.5) is 19.0 Å². The Kier molecular flexibility index (Phi) is 3.61. The molecular weight excluding hydrogens is 307 g/mol. The lowest BCUT2D eigenvalue weighted by Gasteiger charge is -2.28. The van der Waals surface area contributed by atoms with Crippen molar-refractivity contribution in [3.05, 3.63) is 17.0 Å². The Bertz CT molecular complexity index is 577. The lowest BCUT2D eigenvalue weighted by molar-refractivity contribution is -0.144. The molecule has 1 aliphatic heterocycles. The van der Waals surface area contributed by atoms with Gasteiger partial charge >= 0.3 is 6.18 Å². The van der Waals surface area contributed by atoms with Gasteiger partial charge in [-0.05, 0) is 0 Å². The number of halogens is 4. The van der Waals surface area contributed by atoms with Crippen LogP contribution in [-0.2, 0) is 16.0 Å². The highest BCUT2D eigenvalue weighted by atomic mass is 35.5. The van der Waals surface area contributed by atoms with Crippen LogP contribution < -0.4 is 4.90 Å². The number of alkyl halides is 3. The van der Waals surface area contributed by atoms with E-state index in [1.54, 1.807) is 0 Å². The van der Waals surface area contributed by atoms with Crippen LogP contribution in [0.5, 0.6) is 0 Å². The molecule has 1 saturated heterocycles. The summed E-state index contributed by atoms with van der Waals surface area (Å²) in [4.78, 5) is 7.95. The molecule has 0 saturated carbocycles. The average molecular weight is 316 g/mol. The van der Waals surface area contributed by atoms with Crippen LogP contribution in [0.2, 0.25) is 5.15 Å². The third-order valence-electron chi connectivity index (χ3n) is 2.60. The third kappa shape index (κ3) is 3.47. The Balaban J connectivity index is 2.29. The molecule has 0 spiro atoms. The molecule has 0 radical (unpaired) electrons. The predicted octanol–water partition coefficient (Wildman–Crippen LogP) is 1.38. The average Bonchev–Trinajstić information content (AvgIpc) is 2.26. The van der Waals surface area contributed by atoms with Gasteiger partial charge < -0.3 is 4.90 Å². The minimum atomic E-state index is -4.69. The van der Waals surface area contributed by atoms with E-state index < -0.39 is 21.8 Å². The summed E-state index contributed by atoms with van der Waals surface area (Å²) >= 11 is 5.54. The van der Waals surface area contributed by atoms with E-state index in [-0.39, 0.29) is 35.6 Å². The highest BCUT2D eigenvalue weighted by Gasteiger charge is 2.36. The molecule has 0 aromatic carbocycles. The SMILES string of the molecule is O=S1(=O)CCN(c2cc(Cl)nc(C(F)(F)F)n2)CC1. The second-order valence-corrected chi connectivity index (χ2v) is 6.70. The van der Waals surface area contributed by atoms with Gasteiger partial charge in [0.2, 0.25) is 5.82 Å². The molecular formula is C9H9ClF3N3O2S. The minimum Gasteiger partial charge on any atom is -0.354 e. The number of nitrogens with zero attached hydrogens (tertiary/aromatic N) is 3. The van der Waals surface area contributed by atoms with E-state index >= 15 is 0 Å². The molecule has 1 aromatic heterocycles. The van der Waals surface area contributed by atoms with E-state index in [1.807, 2.05) is 0 Å². The van der Waals surface area contributed by atoms with Gasteiger partial charge in [0.05, 0.1) is 11.5 Å². The molecule has 0 bridgehead atoms. The number of anilines is 1. The molecule has 106 valence electrons. The predicted molar refractivity (Wildman–Crippen MR) is 62.9 cm³/mol. The standard InChI is InChI=1S/C9H9ClF3N3O2S/c10-6-5-7(15-8(14-6)9(11,12)13)16-1-3-19(17,18)4-2-16/h5H,1-4H2. The van der Waals surface area contributed by atoms with Crippen LogP contribution in [0.1, 0.15) is 5.82 Å². The van der Waals surface area contributed by atoms with Crippen molar-refractivity contribution in [1.82, 2.24) is 9.97 Å². The molecule has 1 fully saturated rings. The van der Waals surface area contributed by atoms with E-state index in [2.05, 4.69) is 9.97 Å². The van der Waals surface area contributed by atoms with E-state index in [9.17, 15) is 21.6 Å². The highest BCUT2D eigenvalue weighted by molar-refractivity contribution is 7.91. The fourth-order valence-corrected chi connectivity index (χ4v) is 3.01. The van der Waals surface area contributed by atoms with Crippen molar-refractivity contribution in [2.45, 2.75) is 6.18 Å². The molecule has 2 rings (SSSR count). The molecule has 0 unspecified atom stereocenters. The van der Waals surface area contributed by atoms with Crippen LogP contribution >= 0.6 is 11.6 Å². The van der Waals surface area contributed by atoms with Gasteiger partial charge in [0, 0.05) is 19.2 Å². The smallest absolute Gasteiger partial charge is 0.354 e. The molecule has 19 heavy (non-hydrogen) atoms. The Morgan fingerprint density at radius 3 is 2.32 bits per heavy atom. The van der Waals surface area contributed by atoms with Gasteiger partial charge in [0.15, 0.2) is 9.84 Å². The van der Waals surface area contributed by atoms with Crippen LogP contribution in [0, 0.1) is 0 Å². The number of hydrogen-bond donors (Lipinski definition) is 0. The maximum absolute atomic E-state index is 12.5. The van der Waals surface area contributed by atoms with Crippen molar-refractivity contribution in [3.8, 4) is 0 Å². The van der Waals surface area contributed by atoms with Crippen LogP contribution in [0.3, 0.4) is 0 Å². The molecule has 0 atom stereocenters. The van der Waals surface area contributed by atoms with Crippen LogP contribution in [0.15, 0.2) is 6.07 Å². The molecule has 0 aliphatic carbocycles. The summed E-state index contributed by atoms with van der Waals surface area (Å²) in [6, 6.07) is 1.19. The summed E-state index contributed by atoms with van der Waals surface area (Å²) < 4.78 is 60.1. The van der Waals surface area contributed by atoms with Crippen molar-refractivity contribution in [2.75, 3.05) is 29.5 Å². The first-order valence-electron chi connectivity index (χ1n) is 5.24. The maximum Gasteiger partial charge on any atom is 0.451 e. The van der Waals surface area contributed by atoms with E-state index in [4.69, 9.17) is 11.6 Å². The summed E-state index contributed by atoms with van der Waals surface area (Å²) in [5.74, 6) is -1.57. The zero-order chi connectivity index (χ0) is 14.3. The molecule has 2 heterocycles. The molecule has 1 aliphatic rings. The number of rotatable bonds is 1. The lowest BCUT2D eigenvalue weighted by atomic mass is 10.4. The van der Waals surface area contributed by atoms with Gasteiger partial charge in [-0.3, -0.25) is 0 Å². The summed E-state index contributed by atoms with van der Waals surface area (Å²) in [7, 11) is -3.11. The van der Waals surface area contributed by atoms with Crippen LogP contribution in [-0.4, -0.2) is 43.0 Å². The fourth-order valence-electron chi connectivity index (χ4n) is 1.64. The zero-order valence-corrected chi connectivity index (χ0v) is 11.1. The first-order valence-corrected chi connectivity index (χ1v) is 7.44. The van der Waals surface area contributed by atoms with Gasteiger partial charge in [0.1, 0.15) is 11.0 Å². The van der Waals surface area contributed by atoms with E-state index in [1.165, 1.54) is 11.0 Å². The maximum atomic E-state index is 12.5. The third-order valence-corrected chi connectivity index (χ3v) is 4.41. The van der Waals surface area contributed by atoms with Gasteiger partial charge in [-0.1, -0.05) is 11.6 Å². The quantitative estimate of drug-likeness (QED) is 0.733. The van der Waals surface area contributed by atoms with Crippen LogP contribution in [0.25, 0.3) is 0 Å². The zero-order valence-electron chi connectivity index (χ0n) is 9.48. The molecule has 5 nitrogen and oxygen atoms in total. The molecule has 1 aromatic rings. The Morgan fingerprint density at radius 2 is 1.79 bits per heavy atom. The molecule has 0 amide bonds. The Morgan fingerprint density at radius 1 is 1.21 bits per heavy atom. The summed E-state index contributed by atoms with van der Waals surface area (Å²) in [6.07, 6.45) is -4.69. The van der Waals surface area contributed by atoms with Crippen molar-refractivity contribution in [1.29, 1.82) is 0 Å². The minimum absolute atomic E-state index is 0.0118. The second kappa shape index (κ2) is 4.78. The Labute approximate surface area is 112 Å². The first-order chi connectivity index (χ1) is 8.67. The van der Waals surface area contributed by atoms with Gasteiger partial charge in [-0.2, -0.15) is 13.2 Å². The Hall–Kier alpha value is -1.09. The van der Waals surface area contributed by atoms with E-state index in [0.29, 0.717) is 0 Å². The summed E-state index contributed by atoms with van der Waals surface area (Å²) in [5.41, 5.74) is 0. The van der Waals surface area contributed by atoms with Crippen molar-refractivity contribution in [2.24, 2.45) is 0 Å².